The van der Waals surface area contributed by atoms with Crippen molar-refractivity contribution in [2.45, 2.75) is 36.5 Å². The second-order valence-electron chi connectivity index (χ2n) is 8.74. The first kappa shape index (κ1) is 24.0. The number of nitrogens with zero attached hydrogens (tertiary/aromatic N) is 1. The summed E-state index contributed by atoms with van der Waals surface area (Å²) in [4.78, 5) is 15.3. The minimum atomic E-state index is -3.75. The molecule has 0 aromatic heterocycles. The van der Waals surface area contributed by atoms with Crippen LogP contribution < -0.4 is 10.0 Å². The molecule has 1 heterocycles. The number of morpholine rings is 1. The Morgan fingerprint density at radius 2 is 1.82 bits per heavy atom. The number of ether oxygens (including phenoxy) is 1. The summed E-state index contributed by atoms with van der Waals surface area (Å²) in [6.07, 6.45) is 2.51. The summed E-state index contributed by atoms with van der Waals surface area (Å²) >= 11 is 6.08. The molecule has 1 saturated carbocycles. The van der Waals surface area contributed by atoms with Gasteiger partial charge in [0.2, 0.25) is 5.91 Å². The Kier molecular flexibility index (Phi) is 7.28. The fourth-order valence-electron chi connectivity index (χ4n) is 4.08. The van der Waals surface area contributed by atoms with Gasteiger partial charge < -0.3 is 10.1 Å². The molecule has 178 valence electrons. The lowest BCUT2D eigenvalue weighted by molar-refractivity contribution is -0.123. The van der Waals surface area contributed by atoms with Gasteiger partial charge in [-0.3, -0.25) is 14.4 Å². The summed E-state index contributed by atoms with van der Waals surface area (Å²) in [6.45, 7) is 6.88. The van der Waals surface area contributed by atoms with Crippen LogP contribution in [0.2, 0.25) is 5.02 Å². The number of anilines is 1. The van der Waals surface area contributed by atoms with E-state index in [1.165, 1.54) is 12.1 Å². The number of halogens is 1. The minimum Gasteiger partial charge on any atom is -0.379 e. The molecule has 1 amide bonds. The number of amides is 1. The predicted molar refractivity (Wildman–Crippen MR) is 129 cm³/mol. The fourth-order valence-corrected chi connectivity index (χ4v) is 5.41. The maximum atomic E-state index is 12.9. The largest absolute Gasteiger partial charge is 0.379 e. The molecule has 0 unspecified atom stereocenters. The molecule has 1 aliphatic heterocycles. The average Bonchev–Trinajstić information content (AvgIpc) is 3.61. The lowest BCUT2D eigenvalue weighted by Gasteiger charge is -2.26. The number of sulfonamides is 1. The van der Waals surface area contributed by atoms with E-state index in [0.717, 1.165) is 63.2 Å². The first-order chi connectivity index (χ1) is 15.8. The van der Waals surface area contributed by atoms with Crippen LogP contribution in [-0.2, 0) is 25.0 Å². The van der Waals surface area contributed by atoms with E-state index in [-0.39, 0.29) is 10.8 Å². The second kappa shape index (κ2) is 10.0. The van der Waals surface area contributed by atoms with E-state index in [1.54, 1.807) is 18.2 Å². The molecule has 2 aromatic carbocycles. The highest BCUT2D eigenvalue weighted by molar-refractivity contribution is 7.92. The van der Waals surface area contributed by atoms with Crippen molar-refractivity contribution in [3.05, 3.63) is 58.6 Å². The highest BCUT2D eigenvalue weighted by Gasteiger charge is 2.51. The molecule has 0 radical (unpaired) electrons. The van der Waals surface area contributed by atoms with E-state index in [2.05, 4.69) is 14.9 Å². The zero-order chi connectivity index (χ0) is 23.5. The molecule has 9 heteroatoms. The molecule has 1 aliphatic carbocycles. The molecular formula is C24H30ClN3O4S. The zero-order valence-electron chi connectivity index (χ0n) is 18.8. The minimum absolute atomic E-state index is 0.0482. The van der Waals surface area contributed by atoms with Gasteiger partial charge in [0.25, 0.3) is 10.0 Å². The van der Waals surface area contributed by atoms with Gasteiger partial charge in [-0.05, 0) is 68.1 Å². The SMILES string of the molecule is Cc1ccc(S(=O)(=O)Nc2ccc(C3(C(=O)NCCCN4CCOCC4)CC3)cc2)cc1Cl. The first-order valence-electron chi connectivity index (χ1n) is 11.3. The summed E-state index contributed by atoms with van der Waals surface area (Å²) in [5.74, 6) is 0.0482. The predicted octanol–water partition coefficient (Wildman–Crippen LogP) is 3.32. The van der Waals surface area contributed by atoms with E-state index in [9.17, 15) is 13.2 Å². The number of rotatable bonds is 9. The Morgan fingerprint density at radius 1 is 1.12 bits per heavy atom. The van der Waals surface area contributed by atoms with Crippen molar-refractivity contribution in [1.29, 1.82) is 0 Å². The topological polar surface area (TPSA) is 87.7 Å². The molecule has 33 heavy (non-hydrogen) atoms. The fraction of sp³-hybridized carbons (Fsp3) is 0.458. The third-order valence-electron chi connectivity index (χ3n) is 6.37. The summed E-state index contributed by atoms with van der Waals surface area (Å²) < 4.78 is 33.3. The zero-order valence-corrected chi connectivity index (χ0v) is 20.3. The van der Waals surface area contributed by atoms with E-state index in [0.29, 0.717) is 17.3 Å². The van der Waals surface area contributed by atoms with Crippen LogP contribution in [0.25, 0.3) is 0 Å². The van der Waals surface area contributed by atoms with Crippen LogP contribution >= 0.6 is 11.6 Å². The Bertz CT molecular complexity index is 1100. The molecule has 1 saturated heterocycles. The summed E-state index contributed by atoms with van der Waals surface area (Å²) in [5, 5.41) is 3.49. The molecule has 7 nitrogen and oxygen atoms in total. The Balaban J connectivity index is 1.33. The van der Waals surface area contributed by atoms with Gasteiger partial charge in [0, 0.05) is 30.3 Å². The van der Waals surface area contributed by atoms with Crippen LogP contribution in [0.5, 0.6) is 0 Å². The monoisotopic (exact) mass is 491 g/mol. The lowest BCUT2D eigenvalue weighted by atomic mass is 9.95. The average molecular weight is 492 g/mol. The molecular weight excluding hydrogens is 462 g/mol. The van der Waals surface area contributed by atoms with Gasteiger partial charge in [-0.15, -0.1) is 0 Å². The second-order valence-corrected chi connectivity index (χ2v) is 10.8. The Labute approximate surface area is 200 Å². The molecule has 2 fully saturated rings. The highest BCUT2D eigenvalue weighted by atomic mass is 35.5. The van der Waals surface area contributed by atoms with Crippen LogP contribution in [0.1, 0.15) is 30.4 Å². The van der Waals surface area contributed by atoms with E-state index in [4.69, 9.17) is 16.3 Å². The number of nitrogens with one attached hydrogen (secondary N) is 2. The van der Waals surface area contributed by atoms with E-state index >= 15 is 0 Å². The van der Waals surface area contributed by atoms with E-state index in [1.807, 2.05) is 19.1 Å². The number of hydrogen-bond donors (Lipinski definition) is 2. The maximum absolute atomic E-state index is 12.9. The molecule has 2 N–H and O–H groups in total. The van der Waals surface area contributed by atoms with Gasteiger partial charge in [0.15, 0.2) is 0 Å². The summed E-state index contributed by atoms with van der Waals surface area (Å²) in [7, 11) is -3.75. The van der Waals surface area contributed by atoms with Gasteiger partial charge >= 0.3 is 0 Å². The Hall–Kier alpha value is -2.13. The number of carbonyl (C=O) groups excluding carboxylic acids is 1. The van der Waals surface area contributed by atoms with Gasteiger partial charge in [-0.2, -0.15) is 0 Å². The van der Waals surface area contributed by atoms with Crippen LogP contribution in [0, 0.1) is 6.92 Å². The summed E-state index contributed by atoms with van der Waals surface area (Å²) in [6, 6.07) is 11.7. The van der Waals surface area contributed by atoms with Gasteiger partial charge in [0.1, 0.15) is 0 Å². The van der Waals surface area contributed by atoms with Crippen molar-refractivity contribution in [3.8, 4) is 0 Å². The first-order valence-corrected chi connectivity index (χ1v) is 13.1. The molecule has 0 bridgehead atoms. The Morgan fingerprint density at radius 3 is 2.45 bits per heavy atom. The van der Waals surface area contributed by atoms with Crippen LogP contribution in [0.4, 0.5) is 5.69 Å². The number of benzene rings is 2. The van der Waals surface area contributed by atoms with Crippen molar-refractivity contribution in [2.24, 2.45) is 0 Å². The molecule has 0 atom stereocenters. The van der Waals surface area contributed by atoms with Crippen molar-refractivity contribution in [2.75, 3.05) is 44.1 Å². The van der Waals surface area contributed by atoms with Crippen LogP contribution in [0.3, 0.4) is 0 Å². The van der Waals surface area contributed by atoms with Crippen molar-refractivity contribution < 1.29 is 17.9 Å². The number of hydrogen-bond acceptors (Lipinski definition) is 5. The van der Waals surface area contributed by atoms with Crippen molar-refractivity contribution >= 4 is 33.2 Å². The molecule has 0 spiro atoms. The molecule has 4 rings (SSSR count). The number of carbonyl (C=O) groups is 1. The van der Waals surface area contributed by atoms with Gasteiger partial charge in [0.05, 0.1) is 23.5 Å². The standard InChI is InChI=1S/C24H30ClN3O4S/c1-18-3-8-21(17-22(18)25)33(30,31)27-20-6-4-19(5-7-20)24(9-10-24)23(29)26-11-2-12-28-13-15-32-16-14-28/h3-8,17,27H,2,9-16H2,1H3,(H,26,29). The summed E-state index contributed by atoms with van der Waals surface area (Å²) in [5.41, 5.74) is 1.67. The number of aryl methyl sites for hydroxylation is 1. The third kappa shape index (κ3) is 5.69. The van der Waals surface area contributed by atoms with Crippen molar-refractivity contribution in [1.82, 2.24) is 10.2 Å². The third-order valence-corrected chi connectivity index (χ3v) is 8.15. The van der Waals surface area contributed by atoms with Crippen LogP contribution in [0.15, 0.2) is 47.4 Å². The molecule has 2 aromatic rings. The van der Waals surface area contributed by atoms with Gasteiger partial charge in [-0.1, -0.05) is 29.8 Å². The van der Waals surface area contributed by atoms with Gasteiger partial charge in [-0.25, -0.2) is 8.42 Å². The molecule has 2 aliphatic rings. The lowest BCUT2D eigenvalue weighted by Crippen LogP contribution is -2.39. The smallest absolute Gasteiger partial charge is 0.261 e. The quantitative estimate of drug-likeness (QED) is 0.525. The normalized spacial score (nSPS) is 18.0. The van der Waals surface area contributed by atoms with Crippen LogP contribution in [-0.4, -0.2) is 58.6 Å². The maximum Gasteiger partial charge on any atom is 0.261 e. The van der Waals surface area contributed by atoms with Crippen molar-refractivity contribution in [3.63, 3.8) is 0 Å². The highest BCUT2D eigenvalue weighted by Crippen LogP contribution is 2.48. The van der Waals surface area contributed by atoms with E-state index < -0.39 is 15.4 Å².